The van der Waals surface area contributed by atoms with E-state index in [1.165, 1.54) is 16.2 Å². The molecule has 1 aliphatic heterocycles. The van der Waals surface area contributed by atoms with E-state index in [4.69, 9.17) is 0 Å². The Labute approximate surface area is 76.9 Å². The van der Waals surface area contributed by atoms with Crippen molar-refractivity contribution in [2.45, 2.75) is 13.3 Å². The number of rotatable bonds is 0. The molecule has 1 N–H and O–H groups in total. The Morgan fingerprint density at radius 2 is 2.42 bits per heavy atom. The molecular weight excluding hydrogens is 166 g/mol. The van der Waals surface area contributed by atoms with Gasteiger partial charge in [-0.3, -0.25) is 0 Å². The number of hydrogen-bond donors (Lipinski definition) is 1. The van der Waals surface area contributed by atoms with Crippen LogP contribution >= 0.6 is 11.8 Å². The van der Waals surface area contributed by atoms with Crippen molar-refractivity contribution in [1.29, 1.82) is 0 Å². The van der Waals surface area contributed by atoms with Crippen molar-refractivity contribution >= 4 is 11.8 Å². The Bertz CT molecular complexity index is 298. The first kappa shape index (κ1) is 7.74. The fourth-order valence-electron chi connectivity index (χ4n) is 1.32. The Morgan fingerprint density at radius 3 is 3.08 bits per heavy atom. The molecule has 0 aromatic carbocycles. The number of nitrogens with one attached hydrogen (secondary N) is 1. The number of thioether (sulfide) groups is 1. The molecule has 1 nitrogen and oxygen atoms in total. The Balaban J connectivity index is 2.21. The zero-order chi connectivity index (χ0) is 8.39. The first-order valence-electron chi connectivity index (χ1n) is 4.01. The summed E-state index contributed by atoms with van der Waals surface area (Å²) in [5.41, 5.74) is 2.82. The third-order valence-electron chi connectivity index (χ3n) is 1.91. The normalized spacial score (nSPS) is 27.2. The Hall–Kier alpha value is -0.890. The Morgan fingerprint density at radius 1 is 1.50 bits per heavy atom. The molecule has 0 unspecified atom stereocenters. The molecular formula is C10H11NS. The summed E-state index contributed by atoms with van der Waals surface area (Å²) in [7, 11) is 0. The summed E-state index contributed by atoms with van der Waals surface area (Å²) in [6, 6.07) is 0. The predicted octanol–water partition coefficient (Wildman–Crippen LogP) is 2.91. The quantitative estimate of drug-likeness (QED) is 0.610. The predicted molar refractivity (Wildman–Crippen MR) is 54.4 cm³/mol. The van der Waals surface area contributed by atoms with Gasteiger partial charge in [0.2, 0.25) is 0 Å². The van der Waals surface area contributed by atoms with Gasteiger partial charge in [0.15, 0.2) is 0 Å². The molecule has 1 aliphatic carbocycles. The second-order valence-electron chi connectivity index (χ2n) is 2.97. The van der Waals surface area contributed by atoms with E-state index in [1.54, 1.807) is 11.8 Å². The summed E-state index contributed by atoms with van der Waals surface area (Å²) in [6.07, 6.45) is 9.51. The summed E-state index contributed by atoms with van der Waals surface area (Å²) >= 11 is 1.76. The second-order valence-corrected chi connectivity index (χ2v) is 3.88. The number of hydrogen-bond acceptors (Lipinski definition) is 2. The van der Waals surface area contributed by atoms with E-state index in [0.717, 1.165) is 6.42 Å². The van der Waals surface area contributed by atoms with Crippen LogP contribution in [0, 0.1) is 0 Å². The van der Waals surface area contributed by atoms with E-state index in [9.17, 15) is 0 Å². The molecule has 0 saturated carbocycles. The van der Waals surface area contributed by atoms with Crippen molar-refractivity contribution in [3.8, 4) is 0 Å². The molecule has 2 rings (SSSR count). The lowest BCUT2D eigenvalue weighted by Gasteiger charge is -2.10. The van der Waals surface area contributed by atoms with Gasteiger partial charge in [0.05, 0.1) is 5.03 Å². The van der Waals surface area contributed by atoms with Crippen molar-refractivity contribution in [2.24, 2.45) is 0 Å². The van der Waals surface area contributed by atoms with Crippen LogP contribution < -0.4 is 5.32 Å². The third-order valence-corrected chi connectivity index (χ3v) is 2.80. The van der Waals surface area contributed by atoms with Crippen molar-refractivity contribution in [3.63, 3.8) is 0 Å². The number of allylic oxidation sites excluding steroid dienone is 5. The van der Waals surface area contributed by atoms with Crippen LogP contribution in [0.4, 0.5) is 0 Å². The van der Waals surface area contributed by atoms with Crippen LogP contribution in [-0.2, 0) is 0 Å². The molecule has 0 aromatic heterocycles. The fourth-order valence-corrected chi connectivity index (χ4v) is 2.02. The standard InChI is InChI=1S/C10H11NS/c1-8-3-2-4-9(7-8)10-11-5-6-12-10/h2-6,11H,7H2,1H3. The zero-order valence-electron chi connectivity index (χ0n) is 7.00. The van der Waals surface area contributed by atoms with Gasteiger partial charge in [0.1, 0.15) is 0 Å². The van der Waals surface area contributed by atoms with Crippen LogP contribution in [-0.4, -0.2) is 0 Å². The molecule has 0 atom stereocenters. The maximum absolute atomic E-state index is 3.23. The highest BCUT2D eigenvalue weighted by atomic mass is 32.2. The van der Waals surface area contributed by atoms with Crippen LogP contribution in [0.5, 0.6) is 0 Å². The molecule has 62 valence electrons. The van der Waals surface area contributed by atoms with E-state index in [-0.39, 0.29) is 0 Å². The summed E-state index contributed by atoms with van der Waals surface area (Å²) in [5.74, 6) is 0. The molecule has 0 saturated heterocycles. The van der Waals surface area contributed by atoms with E-state index >= 15 is 0 Å². The molecule has 0 spiro atoms. The lowest BCUT2D eigenvalue weighted by molar-refractivity contribution is 1.07. The van der Waals surface area contributed by atoms with Crippen LogP contribution in [0.1, 0.15) is 13.3 Å². The lowest BCUT2D eigenvalue weighted by atomic mass is 10.0. The van der Waals surface area contributed by atoms with E-state index in [0.29, 0.717) is 0 Å². The summed E-state index contributed by atoms with van der Waals surface area (Å²) < 4.78 is 0. The lowest BCUT2D eigenvalue weighted by Crippen LogP contribution is -2.01. The fraction of sp³-hybridized carbons (Fsp3) is 0.200. The third kappa shape index (κ3) is 1.48. The van der Waals surface area contributed by atoms with Crippen molar-refractivity contribution < 1.29 is 0 Å². The van der Waals surface area contributed by atoms with Gasteiger partial charge in [-0.2, -0.15) is 0 Å². The summed E-state index contributed by atoms with van der Waals surface area (Å²) in [4.78, 5) is 0. The average molecular weight is 177 g/mol. The maximum atomic E-state index is 3.23. The van der Waals surface area contributed by atoms with Crippen LogP contribution in [0.2, 0.25) is 0 Å². The van der Waals surface area contributed by atoms with Gasteiger partial charge in [0, 0.05) is 6.20 Å². The monoisotopic (exact) mass is 177 g/mol. The Kier molecular flexibility index (Phi) is 2.09. The first-order valence-corrected chi connectivity index (χ1v) is 4.89. The highest BCUT2D eigenvalue weighted by molar-refractivity contribution is 8.06. The van der Waals surface area contributed by atoms with E-state index in [1.807, 2.05) is 6.20 Å². The summed E-state index contributed by atoms with van der Waals surface area (Å²) in [6.45, 7) is 2.16. The molecule has 2 aliphatic rings. The molecule has 0 bridgehead atoms. The minimum atomic E-state index is 1.08. The van der Waals surface area contributed by atoms with E-state index < -0.39 is 0 Å². The second kappa shape index (κ2) is 3.23. The molecule has 12 heavy (non-hydrogen) atoms. The van der Waals surface area contributed by atoms with Gasteiger partial charge in [-0.25, -0.2) is 0 Å². The van der Waals surface area contributed by atoms with Crippen LogP contribution in [0.25, 0.3) is 0 Å². The minimum absolute atomic E-state index is 1.08. The molecule has 0 amide bonds. The highest BCUT2D eigenvalue weighted by Crippen LogP contribution is 2.28. The molecule has 0 aromatic rings. The van der Waals surface area contributed by atoms with Gasteiger partial charge in [-0.1, -0.05) is 35.6 Å². The van der Waals surface area contributed by atoms with Gasteiger partial charge in [-0.05, 0) is 24.3 Å². The maximum Gasteiger partial charge on any atom is 0.0800 e. The van der Waals surface area contributed by atoms with Gasteiger partial charge in [0.25, 0.3) is 0 Å². The van der Waals surface area contributed by atoms with Gasteiger partial charge < -0.3 is 5.32 Å². The molecule has 0 fully saturated rings. The summed E-state index contributed by atoms with van der Waals surface area (Å²) in [5, 5.41) is 6.58. The smallest absolute Gasteiger partial charge is 0.0800 e. The van der Waals surface area contributed by atoms with Gasteiger partial charge >= 0.3 is 0 Å². The van der Waals surface area contributed by atoms with Crippen molar-refractivity contribution in [1.82, 2.24) is 5.32 Å². The SMILES string of the molecule is CC1=CC=CC(=C2NC=CS2)C1. The average Bonchev–Trinajstić information content (AvgIpc) is 2.56. The molecule has 1 heterocycles. The topological polar surface area (TPSA) is 12.0 Å². The van der Waals surface area contributed by atoms with E-state index in [2.05, 4.69) is 35.9 Å². The van der Waals surface area contributed by atoms with Gasteiger partial charge in [-0.15, -0.1) is 0 Å². The zero-order valence-corrected chi connectivity index (χ0v) is 7.82. The van der Waals surface area contributed by atoms with Crippen molar-refractivity contribution in [3.05, 3.63) is 46.0 Å². The first-order chi connectivity index (χ1) is 5.86. The largest absolute Gasteiger partial charge is 0.355 e. The van der Waals surface area contributed by atoms with Crippen LogP contribution in [0.15, 0.2) is 46.0 Å². The minimum Gasteiger partial charge on any atom is -0.355 e. The molecule has 0 radical (unpaired) electrons. The molecule has 2 heteroatoms. The van der Waals surface area contributed by atoms with Crippen LogP contribution in [0.3, 0.4) is 0 Å². The highest BCUT2D eigenvalue weighted by Gasteiger charge is 2.08. The van der Waals surface area contributed by atoms with Crippen molar-refractivity contribution in [2.75, 3.05) is 0 Å².